The molecule has 0 unspecified atom stereocenters. The van der Waals surface area contributed by atoms with E-state index in [1.807, 2.05) is 0 Å². The van der Waals surface area contributed by atoms with Crippen molar-refractivity contribution in [3.8, 4) is 5.88 Å². The number of nitrogens with zero attached hydrogens (tertiary/aromatic N) is 1. The van der Waals surface area contributed by atoms with Crippen LogP contribution in [0, 0.1) is 5.95 Å². The smallest absolute Gasteiger partial charge is 0.230 e. The van der Waals surface area contributed by atoms with Crippen LogP contribution < -0.4 is 4.74 Å². The van der Waals surface area contributed by atoms with Crippen LogP contribution in [0.3, 0.4) is 0 Å². The highest BCUT2D eigenvalue weighted by Gasteiger charge is 2.00. The maximum absolute atomic E-state index is 12.9. The summed E-state index contributed by atoms with van der Waals surface area (Å²) < 4.78 is 51.7. The summed E-state index contributed by atoms with van der Waals surface area (Å²) in [4.78, 5) is 3.12. The summed E-state index contributed by atoms with van der Waals surface area (Å²) >= 11 is 2.81. The summed E-state index contributed by atoms with van der Waals surface area (Å²) in [6, 6.07) is -1.23. The first-order valence-electron chi connectivity index (χ1n) is 4.73. The third kappa shape index (κ3) is 1.44. The summed E-state index contributed by atoms with van der Waals surface area (Å²) in [5.41, 5.74) is 0. The van der Waals surface area contributed by atoms with Gasteiger partial charge in [0.2, 0.25) is 11.8 Å². The average molecular weight is 211 g/mol. The third-order valence-corrected chi connectivity index (χ3v) is 1.30. The van der Waals surface area contributed by atoms with Gasteiger partial charge in [0.1, 0.15) is 0 Å². The van der Waals surface area contributed by atoms with E-state index in [1.165, 1.54) is 0 Å². The molecule has 0 bridgehead atoms. The number of aromatic nitrogens is 1. The maximum atomic E-state index is 12.9. The standard InChI is InChI=1S/C6H5BrFNO/c1-10-6-4(7)2-3-5(8)9-6/h2-3H,1H3/i1D3,2D,3D. The largest absolute Gasteiger partial charge is 0.480 e. The number of pyridine rings is 1. The van der Waals surface area contributed by atoms with Crippen molar-refractivity contribution in [3.63, 3.8) is 0 Å². The molecule has 0 spiro atoms. The lowest BCUT2D eigenvalue weighted by Gasteiger charge is -1.99. The zero-order valence-electron chi connectivity index (χ0n) is 9.61. The van der Waals surface area contributed by atoms with E-state index in [1.54, 1.807) is 0 Å². The highest BCUT2D eigenvalue weighted by Crippen LogP contribution is 2.20. The van der Waals surface area contributed by atoms with E-state index in [4.69, 9.17) is 6.85 Å². The topological polar surface area (TPSA) is 22.1 Å². The van der Waals surface area contributed by atoms with Crippen LogP contribution in [0.2, 0.25) is 0 Å². The molecule has 54 valence electrons. The van der Waals surface area contributed by atoms with Crippen molar-refractivity contribution in [3.05, 3.63) is 22.5 Å². The van der Waals surface area contributed by atoms with Crippen molar-refractivity contribution < 1.29 is 16.0 Å². The lowest BCUT2D eigenvalue weighted by Crippen LogP contribution is -1.90. The van der Waals surface area contributed by atoms with Crippen molar-refractivity contribution in [2.45, 2.75) is 0 Å². The zero-order valence-corrected chi connectivity index (χ0v) is 6.20. The fourth-order valence-electron chi connectivity index (χ4n) is 0.394. The molecule has 0 aromatic carbocycles. The van der Waals surface area contributed by atoms with E-state index < -0.39 is 31.0 Å². The summed E-state index contributed by atoms with van der Waals surface area (Å²) in [6.45, 7) is 0. The lowest BCUT2D eigenvalue weighted by atomic mass is 10.5. The van der Waals surface area contributed by atoms with Gasteiger partial charge in [0.05, 0.1) is 18.4 Å². The zero-order chi connectivity index (χ0) is 11.8. The van der Waals surface area contributed by atoms with E-state index in [0.717, 1.165) is 0 Å². The van der Waals surface area contributed by atoms with Gasteiger partial charge in [-0.25, -0.2) is 0 Å². The van der Waals surface area contributed by atoms with E-state index in [-0.39, 0.29) is 4.47 Å². The van der Waals surface area contributed by atoms with Gasteiger partial charge in [0.15, 0.2) is 0 Å². The van der Waals surface area contributed by atoms with Gasteiger partial charge in [0.25, 0.3) is 0 Å². The molecule has 0 N–H and O–H groups in total. The summed E-state index contributed by atoms with van der Waals surface area (Å²) in [7, 11) is -2.78. The molecular formula is C6H5BrFNO. The number of halogens is 2. The SMILES string of the molecule is [2H]c1c(F)nc(OC([2H])([2H])[2H])c(Br)c1[2H]. The Morgan fingerprint density at radius 1 is 1.90 bits per heavy atom. The molecule has 0 aliphatic heterocycles. The minimum atomic E-state index is -2.78. The van der Waals surface area contributed by atoms with Gasteiger partial charge in [-0.3, -0.25) is 0 Å². The van der Waals surface area contributed by atoms with Gasteiger partial charge in [-0.15, -0.1) is 0 Å². The minimum absolute atomic E-state index is 0.162. The van der Waals surface area contributed by atoms with Crippen LogP contribution in [-0.4, -0.2) is 12.0 Å². The Balaban J connectivity index is 3.21. The second-order valence-electron chi connectivity index (χ2n) is 1.37. The molecule has 1 rings (SSSR count). The van der Waals surface area contributed by atoms with Crippen LogP contribution >= 0.6 is 15.9 Å². The fraction of sp³-hybridized carbons (Fsp3) is 0.167. The van der Waals surface area contributed by atoms with Crippen LogP contribution in [-0.2, 0) is 0 Å². The van der Waals surface area contributed by atoms with Gasteiger partial charge in [-0.1, -0.05) is 0 Å². The molecule has 10 heavy (non-hydrogen) atoms. The Hall–Kier alpha value is -0.640. The number of hydrogen-bond donors (Lipinski definition) is 0. The van der Waals surface area contributed by atoms with Crippen molar-refractivity contribution in [2.75, 3.05) is 7.04 Å². The molecule has 0 fully saturated rings. The van der Waals surface area contributed by atoms with Gasteiger partial charge in [-0.2, -0.15) is 9.37 Å². The first-order valence-corrected chi connectivity index (χ1v) is 3.03. The summed E-state index contributed by atoms with van der Waals surface area (Å²) in [5.74, 6) is -1.81. The summed E-state index contributed by atoms with van der Waals surface area (Å²) in [5, 5.41) is 0. The van der Waals surface area contributed by atoms with Crippen LogP contribution in [0.4, 0.5) is 4.39 Å². The molecule has 1 aromatic rings. The van der Waals surface area contributed by atoms with Crippen molar-refractivity contribution in [1.82, 2.24) is 4.98 Å². The predicted molar refractivity (Wildman–Crippen MR) is 38.4 cm³/mol. The van der Waals surface area contributed by atoms with E-state index in [9.17, 15) is 4.39 Å². The summed E-state index contributed by atoms with van der Waals surface area (Å²) in [6.07, 6.45) is 0. The van der Waals surface area contributed by atoms with Crippen LogP contribution in [0.25, 0.3) is 0 Å². The van der Waals surface area contributed by atoms with Gasteiger partial charge in [0, 0.05) is 0 Å². The molecule has 0 saturated heterocycles. The second-order valence-corrected chi connectivity index (χ2v) is 2.17. The molecule has 0 atom stereocenters. The molecule has 1 aromatic heterocycles. The van der Waals surface area contributed by atoms with Crippen LogP contribution in [0.15, 0.2) is 16.6 Å². The van der Waals surface area contributed by atoms with E-state index in [2.05, 4.69) is 25.7 Å². The minimum Gasteiger partial charge on any atom is -0.480 e. The Labute approximate surface area is 73.2 Å². The van der Waals surface area contributed by atoms with E-state index in [0.29, 0.717) is 0 Å². The Morgan fingerprint density at radius 2 is 2.70 bits per heavy atom. The molecular weight excluding hydrogens is 201 g/mol. The molecule has 2 nitrogen and oxygen atoms in total. The second kappa shape index (κ2) is 2.96. The van der Waals surface area contributed by atoms with Crippen LogP contribution in [0.1, 0.15) is 6.85 Å². The third-order valence-electron chi connectivity index (χ3n) is 0.760. The highest BCUT2D eigenvalue weighted by atomic mass is 79.9. The number of ether oxygens (including phenoxy) is 1. The van der Waals surface area contributed by atoms with Gasteiger partial charge >= 0.3 is 0 Å². The Morgan fingerprint density at radius 3 is 3.40 bits per heavy atom. The monoisotopic (exact) mass is 210 g/mol. The van der Waals surface area contributed by atoms with E-state index >= 15 is 0 Å². The molecule has 0 amide bonds. The van der Waals surface area contributed by atoms with Crippen molar-refractivity contribution in [1.29, 1.82) is 0 Å². The molecule has 0 saturated carbocycles. The molecule has 0 radical (unpaired) electrons. The van der Waals surface area contributed by atoms with Gasteiger partial charge < -0.3 is 4.74 Å². The normalized spacial score (nSPS) is 18.0. The lowest BCUT2D eigenvalue weighted by molar-refractivity contribution is 0.384. The first-order chi connectivity index (χ1) is 6.72. The first kappa shape index (κ1) is 3.17. The predicted octanol–water partition coefficient (Wildman–Crippen LogP) is 1.99. The Bertz CT molecular complexity index is 396. The van der Waals surface area contributed by atoms with Crippen molar-refractivity contribution in [2.24, 2.45) is 0 Å². The Kier molecular flexibility index (Phi) is 0.940. The molecule has 4 heteroatoms. The number of methoxy groups -OCH3 is 1. The van der Waals surface area contributed by atoms with Gasteiger partial charge in [-0.05, 0) is 28.0 Å². The highest BCUT2D eigenvalue weighted by molar-refractivity contribution is 9.10. The number of hydrogen-bond acceptors (Lipinski definition) is 2. The quantitative estimate of drug-likeness (QED) is 0.662. The fourth-order valence-corrected chi connectivity index (χ4v) is 0.662. The average Bonchev–Trinajstić information content (AvgIpc) is 2.08. The maximum Gasteiger partial charge on any atom is 0.230 e. The molecule has 0 aliphatic carbocycles. The molecule has 0 aliphatic rings. The van der Waals surface area contributed by atoms with Crippen molar-refractivity contribution >= 4 is 15.9 Å². The number of rotatable bonds is 1. The van der Waals surface area contributed by atoms with Crippen LogP contribution in [0.5, 0.6) is 5.88 Å². The molecule has 1 heterocycles.